The second-order valence-corrected chi connectivity index (χ2v) is 7.54. The van der Waals surface area contributed by atoms with Crippen LogP contribution in [-0.2, 0) is 18.6 Å². The van der Waals surface area contributed by atoms with E-state index in [0.29, 0.717) is 19.8 Å². The van der Waals surface area contributed by atoms with Crippen LogP contribution in [0.5, 0.6) is 0 Å². The van der Waals surface area contributed by atoms with Gasteiger partial charge in [-0.2, -0.15) is 0 Å². The van der Waals surface area contributed by atoms with Crippen molar-refractivity contribution in [3.8, 4) is 0 Å². The molecule has 0 saturated heterocycles. The number of aliphatic hydroxyl groups excluding tert-OH is 1. The highest BCUT2D eigenvalue weighted by molar-refractivity contribution is 7.53. The molecule has 0 aliphatic rings. The van der Waals surface area contributed by atoms with E-state index >= 15 is 0 Å². The first-order valence-electron chi connectivity index (χ1n) is 8.52. The quantitative estimate of drug-likeness (QED) is 0.288. The van der Waals surface area contributed by atoms with Crippen LogP contribution in [0.1, 0.15) is 52.4 Å². The zero-order valence-corrected chi connectivity index (χ0v) is 15.4. The average molecular weight is 355 g/mol. The lowest BCUT2D eigenvalue weighted by molar-refractivity contribution is -0.0415. The SMILES string of the molecule is CCCCCOC[C@@H](COP(=O)(O)C(O)CN)OCCCCC. The van der Waals surface area contributed by atoms with Gasteiger partial charge in [0.15, 0.2) is 5.85 Å². The molecule has 0 fully saturated rings. The Bertz CT molecular complexity index is 318. The van der Waals surface area contributed by atoms with Crippen molar-refractivity contribution in [1.29, 1.82) is 0 Å². The van der Waals surface area contributed by atoms with Crippen molar-refractivity contribution in [1.82, 2.24) is 0 Å². The summed E-state index contributed by atoms with van der Waals surface area (Å²) < 4.78 is 27.9. The van der Waals surface area contributed by atoms with Crippen molar-refractivity contribution in [2.24, 2.45) is 5.73 Å². The second-order valence-electron chi connectivity index (χ2n) is 5.56. The van der Waals surface area contributed by atoms with Crippen LogP contribution in [0, 0.1) is 0 Å². The molecule has 0 aromatic heterocycles. The summed E-state index contributed by atoms with van der Waals surface area (Å²) in [5.74, 6) is -1.58. The van der Waals surface area contributed by atoms with E-state index in [-0.39, 0.29) is 13.2 Å². The largest absolute Gasteiger partial charge is 0.379 e. The molecule has 0 radical (unpaired) electrons. The fourth-order valence-corrected chi connectivity index (χ4v) is 2.64. The van der Waals surface area contributed by atoms with Crippen molar-refractivity contribution in [3.05, 3.63) is 0 Å². The van der Waals surface area contributed by atoms with E-state index in [9.17, 15) is 14.6 Å². The smallest absolute Gasteiger partial charge is 0.357 e. The molecular weight excluding hydrogens is 321 g/mol. The van der Waals surface area contributed by atoms with Crippen molar-refractivity contribution < 1.29 is 28.6 Å². The van der Waals surface area contributed by atoms with Gasteiger partial charge in [0.1, 0.15) is 6.10 Å². The molecule has 0 saturated carbocycles. The van der Waals surface area contributed by atoms with Crippen molar-refractivity contribution in [2.75, 3.05) is 33.0 Å². The molecule has 140 valence electrons. The summed E-state index contributed by atoms with van der Waals surface area (Å²) >= 11 is 0. The molecule has 0 heterocycles. The minimum absolute atomic E-state index is 0.106. The molecule has 7 nitrogen and oxygen atoms in total. The predicted octanol–water partition coefficient (Wildman–Crippen LogP) is 2.25. The lowest BCUT2D eigenvalue weighted by Crippen LogP contribution is -2.28. The number of nitrogens with two attached hydrogens (primary N) is 1. The first kappa shape index (κ1) is 23.0. The van der Waals surface area contributed by atoms with Crippen LogP contribution in [0.3, 0.4) is 0 Å². The van der Waals surface area contributed by atoms with Gasteiger partial charge >= 0.3 is 7.60 Å². The van der Waals surface area contributed by atoms with Gasteiger partial charge in [0.2, 0.25) is 0 Å². The molecule has 0 aromatic rings. The maximum absolute atomic E-state index is 11.7. The Morgan fingerprint density at radius 1 is 1.04 bits per heavy atom. The lowest BCUT2D eigenvalue weighted by atomic mass is 10.2. The van der Waals surface area contributed by atoms with Crippen LogP contribution in [-0.4, -0.2) is 54.9 Å². The molecular formula is C15H34NO6P. The minimum Gasteiger partial charge on any atom is -0.379 e. The summed E-state index contributed by atoms with van der Waals surface area (Å²) in [5.41, 5.74) is 5.19. The Hall–Kier alpha value is -0.0100. The van der Waals surface area contributed by atoms with Crippen LogP contribution < -0.4 is 5.73 Å². The Balaban J connectivity index is 4.21. The maximum Gasteiger partial charge on any atom is 0.357 e. The van der Waals surface area contributed by atoms with Gasteiger partial charge in [-0.05, 0) is 12.8 Å². The molecule has 0 aliphatic heterocycles. The number of hydrogen-bond acceptors (Lipinski definition) is 6. The molecule has 0 bridgehead atoms. The fraction of sp³-hybridized carbons (Fsp3) is 1.00. The molecule has 0 aromatic carbocycles. The van der Waals surface area contributed by atoms with Gasteiger partial charge in [-0.1, -0.05) is 39.5 Å². The van der Waals surface area contributed by atoms with E-state index in [2.05, 4.69) is 13.8 Å². The number of rotatable bonds is 16. The Labute approximate surface area is 140 Å². The summed E-state index contributed by atoms with van der Waals surface area (Å²) in [6.07, 6.45) is 5.84. The van der Waals surface area contributed by atoms with Crippen molar-refractivity contribution >= 4 is 7.60 Å². The van der Waals surface area contributed by atoms with E-state index in [1.54, 1.807) is 0 Å². The molecule has 2 unspecified atom stereocenters. The maximum atomic E-state index is 11.7. The first-order valence-corrected chi connectivity index (χ1v) is 10.2. The van der Waals surface area contributed by atoms with Gasteiger partial charge in [0, 0.05) is 19.8 Å². The minimum atomic E-state index is -4.14. The molecule has 0 spiro atoms. The third-order valence-corrected chi connectivity index (χ3v) is 4.81. The van der Waals surface area contributed by atoms with E-state index in [0.717, 1.165) is 38.5 Å². The normalized spacial score (nSPS) is 16.9. The molecule has 23 heavy (non-hydrogen) atoms. The van der Waals surface area contributed by atoms with Gasteiger partial charge in [-0.15, -0.1) is 0 Å². The Morgan fingerprint density at radius 3 is 2.22 bits per heavy atom. The third-order valence-electron chi connectivity index (χ3n) is 3.33. The van der Waals surface area contributed by atoms with Crippen LogP contribution in [0.25, 0.3) is 0 Å². The van der Waals surface area contributed by atoms with Gasteiger partial charge in [-0.25, -0.2) is 0 Å². The molecule has 3 atom stereocenters. The topological polar surface area (TPSA) is 111 Å². The number of hydrogen-bond donors (Lipinski definition) is 3. The van der Waals surface area contributed by atoms with Crippen molar-refractivity contribution in [3.63, 3.8) is 0 Å². The van der Waals surface area contributed by atoms with Gasteiger partial charge in [0.05, 0.1) is 13.2 Å². The van der Waals surface area contributed by atoms with Crippen LogP contribution >= 0.6 is 7.60 Å². The zero-order valence-electron chi connectivity index (χ0n) is 14.5. The highest BCUT2D eigenvalue weighted by Gasteiger charge is 2.30. The zero-order chi connectivity index (χ0) is 17.6. The van der Waals surface area contributed by atoms with E-state index in [4.69, 9.17) is 19.7 Å². The monoisotopic (exact) mass is 355 g/mol. The lowest BCUT2D eigenvalue weighted by Gasteiger charge is -2.22. The number of aliphatic hydroxyl groups is 1. The predicted molar refractivity (Wildman–Crippen MR) is 90.4 cm³/mol. The van der Waals surface area contributed by atoms with E-state index in [1.165, 1.54) is 0 Å². The molecule has 0 aliphatic carbocycles. The van der Waals surface area contributed by atoms with E-state index in [1.807, 2.05) is 0 Å². The van der Waals surface area contributed by atoms with Gasteiger partial charge in [-0.3, -0.25) is 4.57 Å². The standard InChI is InChI=1S/C15H34NO6P/c1-3-5-7-9-20-12-14(21-10-8-6-4-2)13-22-23(18,19)15(17)11-16/h14-15,17H,3-13,16H2,1-2H3,(H,18,19)/t14-,15?/m0/s1. The summed E-state index contributed by atoms with van der Waals surface area (Å²) in [7, 11) is -4.14. The second kappa shape index (κ2) is 14.3. The molecule has 0 rings (SSSR count). The molecule has 0 amide bonds. The summed E-state index contributed by atoms with van der Waals surface area (Å²) in [6, 6.07) is 0. The highest BCUT2D eigenvalue weighted by Crippen LogP contribution is 2.45. The average Bonchev–Trinajstić information content (AvgIpc) is 2.54. The summed E-state index contributed by atoms with van der Waals surface area (Å²) in [6.45, 7) is 5.27. The third kappa shape index (κ3) is 12.1. The van der Waals surface area contributed by atoms with E-state index < -0.39 is 19.5 Å². The van der Waals surface area contributed by atoms with Crippen LogP contribution in [0.15, 0.2) is 0 Å². The first-order chi connectivity index (χ1) is 11.0. The van der Waals surface area contributed by atoms with Crippen LogP contribution in [0.2, 0.25) is 0 Å². The summed E-state index contributed by atoms with van der Waals surface area (Å²) in [4.78, 5) is 9.59. The Kier molecular flexibility index (Phi) is 14.3. The highest BCUT2D eigenvalue weighted by atomic mass is 31.2. The molecule has 4 N–H and O–H groups in total. The number of ether oxygens (including phenoxy) is 2. The Morgan fingerprint density at radius 2 is 1.65 bits per heavy atom. The van der Waals surface area contributed by atoms with Gasteiger partial charge < -0.3 is 29.7 Å². The molecule has 8 heteroatoms. The van der Waals surface area contributed by atoms with Crippen LogP contribution in [0.4, 0.5) is 0 Å². The van der Waals surface area contributed by atoms with Crippen molar-refractivity contribution in [2.45, 2.75) is 64.3 Å². The number of unbranched alkanes of at least 4 members (excludes halogenated alkanes) is 4. The van der Waals surface area contributed by atoms with Gasteiger partial charge in [0.25, 0.3) is 0 Å². The summed E-state index contributed by atoms with van der Waals surface area (Å²) in [5, 5.41) is 9.38. The fourth-order valence-electron chi connectivity index (χ4n) is 1.82.